The Morgan fingerprint density at radius 2 is 1.96 bits per heavy atom. The van der Waals surface area contributed by atoms with Gasteiger partial charge in [-0.05, 0) is 75.2 Å². The standard InChI is InChI=1S/C20H25N3OS/c1-21-13-9-16-10-14-23(15-11-16)20(24)17-5-7-18(8-6-17)25-19-4-2-3-12-22-19/h2-8,12,16,21H,9-11,13-15H2,1H3. The van der Waals surface area contributed by atoms with E-state index in [4.69, 9.17) is 0 Å². The minimum Gasteiger partial charge on any atom is -0.339 e. The lowest BCUT2D eigenvalue weighted by molar-refractivity contribution is 0.0687. The van der Waals surface area contributed by atoms with Gasteiger partial charge in [-0.2, -0.15) is 0 Å². The van der Waals surface area contributed by atoms with E-state index in [1.807, 2.05) is 54.4 Å². The summed E-state index contributed by atoms with van der Waals surface area (Å²) in [5.74, 6) is 0.898. The Hall–Kier alpha value is -1.85. The number of benzene rings is 1. The van der Waals surface area contributed by atoms with Gasteiger partial charge >= 0.3 is 0 Å². The number of piperidine rings is 1. The normalized spacial score (nSPS) is 15.3. The van der Waals surface area contributed by atoms with Crippen LogP contribution in [0.3, 0.4) is 0 Å². The fraction of sp³-hybridized carbons (Fsp3) is 0.400. The van der Waals surface area contributed by atoms with Crippen molar-refractivity contribution >= 4 is 17.7 Å². The van der Waals surface area contributed by atoms with Crippen LogP contribution >= 0.6 is 11.8 Å². The van der Waals surface area contributed by atoms with Crippen LogP contribution in [0.1, 0.15) is 29.6 Å². The molecule has 5 heteroatoms. The quantitative estimate of drug-likeness (QED) is 0.858. The fourth-order valence-electron chi connectivity index (χ4n) is 3.15. The van der Waals surface area contributed by atoms with Crippen LogP contribution in [0.25, 0.3) is 0 Å². The summed E-state index contributed by atoms with van der Waals surface area (Å²) in [6.07, 6.45) is 5.22. The first-order valence-corrected chi connectivity index (χ1v) is 9.71. The van der Waals surface area contributed by atoms with Crippen molar-refractivity contribution in [3.8, 4) is 0 Å². The maximum atomic E-state index is 12.7. The number of likely N-dealkylation sites (tertiary alicyclic amines) is 1. The molecule has 0 bridgehead atoms. The molecule has 0 atom stereocenters. The summed E-state index contributed by atoms with van der Waals surface area (Å²) in [4.78, 5) is 20.1. The average Bonchev–Trinajstić information content (AvgIpc) is 2.68. The molecule has 132 valence electrons. The summed E-state index contributed by atoms with van der Waals surface area (Å²) in [5, 5.41) is 4.17. The molecule has 1 aromatic carbocycles. The molecule has 1 aliphatic rings. The number of pyridine rings is 1. The van der Waals surface area contributed by atoms with Gasteiger partial charge in [-0.15, -0.1) is 0 Å². The molecule has 1 amide bonds. The summed E-state index contributed by atoms with van der Waals surface area (Å²) in [5.41, 5.74) is 0.777. The van der Waals surface area contributed by atoms with Crippen LogP contribution in [0.2, 0.25) is 0 Å². The number of rotatable bonds is 6. The minimum absolute atomic E-state index is 0.154. The Kier molecular flexibility index (Phi) is 6.48. The fourth-order valence-corrected chi connectivity index (χ4v) is 3.92. The molecule has 1 fully saturated rings. The van der Waals surface area contributed by atoms with Crippen LogP contribution in [-0.4, -0.2) is 42.5 Å². The third-order valence-electron chi connectivity index (χ3n) is 4.67. The first kappa shape index (κ1) is 18.0. The van der Waals surface area contributed by atoms with Crippen molar-refractivity contribution in [3.05, 3.63) is 54.2 Å². The molecular formula is C20H25N3OS. The van der Waals surface area contributed by atoms with Crippen LogP contribution in [0, 0.1) is 5.92 Å². The van der Waals surface area contributed by atoms with Gasteiger partial charge in [-0.25, -0.2) is 4.98 Å². The smallest absolute Gasteiger partial charge is 0.253 e. The second kappa shape index (κ2) is 9.02. The Bertz CT molecular complexity index is 667. The van der Waals surface area contributed by atoms with Gasteiger partial charge in [-0.3, -0.25) is 4.79 Å². The zero-order valence-electron chi connectivity index (χ0n) is 14.6. The molecule has 0 aliphatic carbocycles. The highest BCUT2D eigenvalue weighted by Gasteiger charge is 2.23. The van der Waals surface area contributed by atoms with Gasteiger partial charge in [0.2, 0.25) is 0 Å². The summed E-state index contributed by atoms with van der Waals surface area (Å²) in [7, 11) is 1.99. The number of hydrogen-bond donors (Lipinski definition) is 1. The molecule has 1 N–H and O–H groups in total. The van der Waals surface area contributed by atoms with E-state index < -0.39 is 0 Å². The summed E-state index contributed by atoms with van der Waals surface area (Å²) >= 11 is 1.61. The second-order valence-corrected chi connectivity index (χ2v) is 7.52. The van der Waals surface area contributed by atoms with Crippen molar-refractivity contribution in [1.82, 2.24) is 15.2 Å². The third kappa shape index (κ3) is 5.06. The Labute approximate surface area is 154 Å². The maximum absolute atomic E-state index is 12.7. The van der Waals surface area contributed by atoms with Gasteiger partial charge in [0.1, 0.15) is 5.03 Å². The van der Waals surface area contributed by atoms with E-state index in [0.717, 1.165) is 53.9 Å². The van der Waals surface area contributed by atoms with Crippen molar-refractivity contribution in [3.63, 3.8) is 0 Å². The molecule has 0 saturated carbocycles. The van der Waals surface area contributed by atoms with Gasteiger partial charge in [0, 0.05) is 29.7 Å². The van der Waals surface area contributed by atoms with E-state index >= 15 is 0 Å². The molecule has 0 spiro atoms. The predicted molar refractivity (Wildman–Crippen MR) is 102 cm³/mol. The topological polar surface area (TPSA) is 45.2 Å². The number of aromatic nitrogens is 1. The third-order valence-corrected chi connectivity index (χ3v) is 5.62. The first-order valence-electron chi connectivity index (χ1n) is 8.89. The number of amides is 1. The lowest BCUT2D eigenvalue weighted by Gasteiger charge is -2.32. The molecule has 1 aromatic heterocycles. The molecule has 25 heavy (non-hydrogen) atoms. The van der Waals surface area contributed by atoms with E-state index in [0.29, 0.717) is 0 Å². The maximum Gasteiger partial charge on any atom is 0.253 e. The van der Waals surface area contributed by atoms with Crippen molar-refractivity contribution in [2.75, 3.05) is 26.7 Å². The molecule has 4 nitrogen and oxygen atoms in total. The summed E-state index contributed by atoms with van der Waals surface area (Å²) < 4.78 is 0. The Balaban J connectivity index is 1.54. The monoisotopic (exact) mass is 355 g/mol. The zero-order chi connectivity index (χ0) is 17.5. The van der Waals surface area contributed by atoms with Crippen molar-refractivity contribution < 1.29 is 4.79 Å². The van der Waals surface area contributed by atoms with E-state index in [9.17, 15) is 4.79 Å². The minimum atomic E-state index is 0.154. The van der Waals surface area contributed by atoms with Crippen LogP contribution < -0.4 is 5.32 Å². The number of hydrogen-bond acceptors (Lipinski definition) is 4. The lowest BCUT2D eigenvalue weighted by atomic mass is 9.93. The first-order chi connectivity index (χ1) is 12.3. The van der Waals surface area contributed by atoms with Crippen molar-refractivity contribution in [2.24, 2.45) is 5.92 Å². The summed E-state index contributed by atoms with van der Waals surface area (Å²) in [6, 6.07) is 13.8. The van der Waals surface area contributed by atoms with E-state index in [1.165, 1.54) is 6.42 Å². The zero-order valence-corrected chi connectivity index (χ0v) is 15.5. The molecule has 2 aromatic rings. The van der Waals surface area contributed by atoms with Gasteiger partial charge in [0.15, 0.2) is 0 Å². The Morgan fingerprint density at radius 1 is 1.20 bits per heavy atom. The highest BCUT2D eigenvalue weighted by Crippen LogP contribution is 2.26. The van der Waals surface area contributed by atoms with Crippen molar-refractivity contribution in [1.29, 1.82) is 0 Å². The van der Waals surface area contributed by atoms with Gasteiger partial charge in [0.05, 0.1) is 0 Å². The number of carbonyl (C=O) groups excluding carboxylic acids is 1. The number of nitrogens with one attached hydrogen (secondary N) is 1. The second-order valence-electron chi connectivity index (χ2n) is 6.42. The molecule has 3 rings (SSSR count). The number of carbonyl (C=O) groups is 1. The van der Waals surface area contributed by atoms with Gasteiger partial charge in [0.25, 0.3) is 5.91 Å². The Morgan fingerprint density at radius 3 is 2.60 bits per heavy atom. The molecule has 1 saturated heterocycles. The molecule has 2 heterocycles. The van der Waals surface area contributed by atoms with Crippen LogP contribution in [0.5, 0.6) is 0 Å². The van der Waals surface area contributed by atoms with E-state index in [1.54, 1.807) is 18.0 Å². The number of nitrogens with zero attached hydrogens (tertiary/aromatic N) is 2. The van der Waals surface area contributed by atoms with Gasteiger partial charge < -0.3 is 10.2 Å². The lowest BCUT2D eigenvalue weighted by Crippen LogP contribution is -2.38. The van der Waals surface area contributed by atoms with Crippen LogP contribution in [-0.2, 0) is 0 Å². The highest BCUT2D eigenvalue weighted by molar-refractivity contribution is 7.99. The SMILES string of the molecule is CNCCC1CCN(C(=O)c2ccc(Sc3ccccn3)cc2)CC1. The van der Waals surface area contributed by atoms with Crippen LogP contribution in [0.15, 0.2) is 58.6 Å². The summed E-state index contributed by atoms with van der Waals surface area (Å²) in [6.45, 7) is 2.81. The molecule has 0 radical (unpaired) electrons. The largest absolute Gasteiger partial charge is 0.339 e. The molecule has 0 unspecified atom stereocenters. The van der Waals surface area contributed by atoms with Crippen molar-refractivity contribution in [2.45, 2.75) is 29.2 Å². The van der Waals surface area contributed by atoms with Gasteiger partial charge in [-0.1, -0.05) is 17.8 Å². The van der Waals surface area contributed by atoms with E-state index in [2.05, 4.69) is 10.3 Å². The highest BCUT2D eigenvalue weighted by atomic mass is 32.2. The predicted octanol–water partition coefficient (Wildman–Crippen LogP) is 3.69. The van der Waals surface area contributed by atoms with Crippen LogP contribution in [0.4, 0.5) is 0 Å². The molecule has 1 aliphatic heterocycles. The molecular weight excluding hydrogens is 330 g/mol. The average molecular weight is 356 g/mol. The van der Waals surface area contributed by atoms with E-state index in [-0.39, 0.29) is 5.91 Å².